The van der Waals surface area contributed by atoms with Gasteiger partial charge in [0.1, 0.15) is 11.5 Å². The number of hydrogen-bond acceptors (Lipinski definition) is 5. The van der Waals surface area contributed by atoms with Crippen LogP contribution in [0.1, 0.15) is 6.92 Å². The van der Waals surface area contributed by atoms with Gasteiger partial charge < -0.3 is 19.5 Å². The summed E-state index contributed by atoms with van der Waals surface area (Å²) in [6.07, 6.45) is 0. The number of carbonyl (C=O) groups is 2. The van der Waals surface area contributed by atoms with Gasteiger partial charge in [0.2, 0.25) is 0 Å². The smallest absolute Gasteiger partial charge is 0.397 e. The van der Waals surface area contributed by atoms with Crippen LogP contribution in [0.15, 0.2) is 12.1 Å². The predicted octanol–water partition coefficient (Wildman–Crippen LogP) is 1.86. The zero-order valence-electron chi connectivity index (χ0n) is 10.8. The molecule has 0 bridgehead atoms. The molecule has 104 valence electrons. The molecule has 1 rings (SSSR count). The van der Waals surface area contributed by atoms with E-state index in [1.54, 1.807) is 6.92 Å². The first-order chi connectivity index (χ1) is 9.03. The lowest BCUT2D eigenvalue weighted by molar-refractivity contribution is -0.152. The lowest BCUT2D eigenvalue weighted by Crippen LogP contribution is -2.25. The molecule has 1 aromatic carbocycles. The topological polar surface area (TPSA) is 73.9 Å². The van der Waals surface area contributed by atoms with Gasteiger partial charge in [-0.25, -0.2) is 4.79 Å². The highest BCUT2D eigenvalue weighted by atomic mass is 35.5. The van der Waals surface area contributed by atoms with Gasteiger partial charge in [-0.15, -0.1) is 0 Å². The highest BCUT2D eigenvalue weighted by Gasteiger charge is 2.18. The Bertz CT molecular complexity index is 489. The molecule has 0 spiro atoms. The second-order valence-electron chi connectivity index (χ2n) is 3.36. The van der Waals surface area contributed by atoms with E-state index >= 15 is 0 Å². The van der Waals surface area contributed by atoms with Crippen LogP contribution in [0.5, 0.6) is 11.5 Å². The number of carbonyl (C=O) groups excluding carboxylic acids is 2. The van der Waals surface area contributed by atoms with Crippen LogP contribution in [-0.2, 0) is 14.3 Å². The van der Waals surface area contributed by atoms with E-state index in [4.69, 9.17) is 21.1 Å². The minimum absolute atomic E-state index is 0.118. The lowest BCUT2D eigenvalue weighted by Gasteiger charge is -2.12. The zero-order valence-corrected chi connectivity index (χ0v) is 11.5. The zero-order chi connectivity index (χ0) is 14.4. The summed E-state index contributed by atoms with van der Waals surface area (Å²) in [5.74, 6) is -1.21. The second kappa shape index (κ2) is 6.84. The maximum absolute atomic E-state index is 11.5. The Morgan fingerprint density at radius 1 is 1.21 bits per heavy atom. The van der Waals surface area contributed by atoms with E-state index in [2.05, 4.69) is 10.1 Å². The van der Waals surface area contributed by atoms with E-state index in [0.29, 0.717) is 16.5 Å². The van der Waals surface area contributed by atoms with Crippen molar-refractivity contribution in [3.8, 4) is 11.5 Å². The van der Waals surface area contributed by atoms with Crippen molar-refractivity contribution in [1.29, 1.82) is 0 Å². The first-order valence-corrected chi connectivity index (χ1v) is 5.80. The quantitative estimate of drug-likeness (QED) is 0.676. The average molecular weight is 288 g/mol. The van der Waals surface area contributed by atoms with Crippen LogP contribution in [-0.4, -0.2) is 32.7 Å². The number of methoxy groups -OCH3 is 2. The summed E-state index contributed by atoms with van der Waals surface area (Å²) < 4.78 is 14.7. The molecule has 0 unspecified atom stereocenters. The Kier molecular flexibility index (Phi) is 5.44. The Balaban J connectivity index is 2.99. The second-order valence-corrected chi connectivity index (χ2v) is 3.77. The molecule has 19 heavy (non-hydrogen) atoms. The summed E-state index contributed by atoms with van der Waals surface area (Å²) in [5, 5.41) is 2.70. The number of esters is 1. The molecular weight excluding hydrogens is 274 g/mol. The van der Waals surface area contributed by atoms with Crippen LogP contribution in [0, 0.1) is 0 Å². The molecule has 0 heterocycles. The van der Waals surface area contributed by atoms with E-state index in [9.17, 15) is 9.59 Å². The van der Waals surface area contributed by atoms with Crippen LogP contribution in [0.25, 0.3) is 0 Å². The summed E-state index contributed by atoms with van der Waals surface area (Å²) in [5.41, 5.74) is 0.266. The third-order valence-corrected chi connectivity index (χ3v) is 2.48. The summed E-state index contributed by atoms with van der Waals surface area (Å²) in [6, 6.07) is 2.93. The van der Waals surface area contributed by atoms with Gasteiger partial charge in [0.15, 0.2) is 0 Å². The number of benzene rings is 1. The van der Waals surface area contributed by atoms with Gasteiger partial charge in [0.25, 0.3) is 0 Å². The highest BCUT2D eigenvalue weighted by Crippen LogP contribution is 2.35. The molecule has 0 atom stereocenters. The molecule has 0 fully saturated rings. The van der Waals surface area contributed by atoms with Gasteiger partial charge in [-0.2, -0.15) is 0 Å². The maximum atomic E-state index is 11.5. The van der Waals surface area contributed by atoms with Gasteiger partial charge in [-0.3, -0.25) is 4.79 Å². The Morgan fingerprint density at radius 3 is 2.37 bits per heavy atom. The average Bonchev–Trinajstić information content (AvgIpc) is 2.40. The van der Waals surface area contributed by atoms with Crippen LogP contribution in [0.4, 0.5) is 5.69 Å². The predicted molar refractivity (Wildman–Crippen MR) is 69.8 cm³/mol. The molecule has 0 aliphatic rings. The molecular formula is C12H14ClNO5. The largest absolute Gasteiger partial charge is 0.495 e. The summed E-state index contributed by atoms with van der Waals surface area (Å²) in [4.78, 5) is 22.8. The molecule has 0 saturated carbocycles. The Labute approximate surface area is 115 Å². The normalized spacial score (nSPS) is 9.68. The molecule has 1 amide bonds. The highest BCUT2D eigenvalue weighted by molar-refractivity contribution is 6.37. The van der Waals surface area contributed by atoms with Crippen molar-refractivity contribution in [3.63, 3.8) is 0 Å². The molecule has 1 aromatic rings. The minimum atomic E-state index is -0.974. The number of halogens is 1. The van der Waals surface area contributed by atoms with E-state index < -0.39 is 11.9 Å². The molecule has 0 aliphatic heterocycles. The van der Waals surface area contributed by atoms with Crippen LogP contribution < -0.4 is 14.8 Å². The number of nitrogens with one attached hydrogen (secondary N) is 1. The SMILES string of the molecule is CCOC(=O)C(=O)Nc1cc(OC)c(Cl)cc1OC. The number of hydrogen-bond donors (Lipinski definition) is 1. The van der Waals surface area contributed by atoms with Gasteiger partial charge in [0, 0.05) is 12.1 Å². The third-order valence-electron chi connectivity index (χ3n) is 2.18. The Hall–Kier alpha value is -1.95. The minimum Gasteiger partial charge on any atom is -0.495 e. The van der Waals surface area contributed by atoms with Gasteiger partial charge in [0.05, 0.1) is 31.5 Å². The molecule has 1 N–H and O–H groups in total. The molecule has 6 nitrogen and oxygen atoms in total. The summed E-state index contributed by atoms with van der Waals surface area (Å²) in [7, 11) is 2.85. The molecule has 0 aromatic heterocycles. The summed E-state index contributed by atoms with van der Waals surface area (Å²) in [6.45, 7) is 1.73. The lowest BCUT2D eigenvalue weighted by atomic mass is 10.2. The fourth-order valence-electron chi connectivity index (χ4n) is 1.33. The van der Waals surface area contributed by atoms with Gasteiger partial charge in [-0.05, 0) is 6.92 Å². The molecule has 0 aliphatic carbocycles. The number of amides is 1. The van der Waals surface area contributed by atoms with Crippen molar-refractivity contribution in [2.24, 2.45) is 0 Å². The van der Waals surface area contributed by atoms with E-state index in [1.165, 1.54) is 26.4 Å². The number of rotatable bonds is 4. The van der Waals surface area contributed by atoms with Crippen LogP contribution in [0.2, 0.25) is 5.02 Å². The van der Waals surface area contributed by atoms with E-state index in [1.807, 2.05) is 0 Å². The number of ether oxygens (including phenoxy) is 3. The Morgan fingerprint density at radius 2 is 1.84 bits per heavy atom. The fraction of sp³-hybridized carbons (Fsp3) is 0.333. The van der Waals surface area contributed by atoms with Crippen molar-refractivity contribution in [3.05, 3.63) is 17.2 Å². The standard InChI is InChI=1S/C12H14ClNO5/c1-4-19-12(16)11(15)14-8-6-9(17-2)7(13)5-10(8)18-3/h5-6H,4H2,1-3H3,(H,14,15). The molecule has 7 heteroatoms. The summed E-state index contributed by atoms with van der Waals surface area (Å²) >= 11 is 5.92. The van der Waals surface area contributed by atoms with Gasteiger partial charge in [-0.1, -0.05) is 11.6 Å². The van der Waals surface area contributed by atoms with Crippen molar-refractivity contribution >= 4 is 29.2 Å². The van der Waals surface area contributed by atoms with Crippen molar-refractivity contribution in [1.82, 2.24) is 0 Å². The van der Waals surface area contributed by atoms with Crippen molar-refractivity contribution in [2.45, 2.75) is 6.92 Å². The van der Waals surface area contributed by atoms with Crippen molar-refractivity contribution in [2.75, 3.05) is 26.1 Å². The molecule has 0 radical (unpaired) electrons. The maximum Gasteiger partial charge on any atom is 0.397 e. The monoisotopic (exact) mass is 287 g/mol. The number of anilines is 1. The molecule has 0 saturated heterocycles. The van der Waals surface area contributed by atoms with E-state index in [-0.39, 0.29) is 12.3 Å². The van der Waals surface area contributed by atoms with Gasteiger partial charge >= 0.3 is 11.9 Å². The first-order valence-electron chi connectivity index (χ1n) is 5.43. The fourth-order valence-corrected chi connectivity index (χ4v) is 1.56. The van der Waals surface area contributed by atoms with Crippen LogP contribution in [0.3, 0.4) is 0 Å². The van der Waals surface area contributed by atoms with E-state index in [0.717, 1.165) is 0 Å². The first kappa shape index (κ1) is 15.1. The van der Waals surface area contributed by atoms with Crippen LogP contribution >= 0.6 is 11.6 Å². The van der Waals surface area contributed by atoms with Crippen molar-refractivity contribution < 1.29 is 23.8 Å². The third kappa shape index (κ3) is 3.75.